The summed E-state index contributed by atoms with van der Waals surface area (Å²) in [7, 11) is 0. The van der Waals surface area contributed by atoms with Gasteiger partial charge < -0.3 is 24.6 Å². The van der Waals surface area contributed by atoms with Crippen molar-refractivity contribution in [2.45, 2.75) is 57.3 Å². The second-order valence-electron chi connectivity index (χ2n) is 7.04. The number of ether oxygens (including phenoxy) is 3. The van der Waals surface area contributed by atoms with Gasteiger partial charge in [0.25, 0.3) is 0 Å². The molecule has 0 unspecified atom stereocenters. The summed E-state index contributed by atoms with van der Waals surface area (Å²) in [6.45, 7) is 1.50. The van der Waals surface area contributed by atoms with Crippen molar-refractivity contribution in [2.24, 2.45) is 0 Å². The van der Waals surface area contributed by atoms with E-state index in [1.54, 1.807) is 25.1 Å². The number of amides is 1. The van der Waals surface area contributed by atoms with Crippen LogP contribution in [0.5, 0.6) is 11.5 Å². The molecule has 0 saturated carbocycles. The van der Waals surface area contributed by atoms with Crippen LogP contribution in [-0.2, 0) is 9.53 Å². The van der Waals surface area contributed by atoms with Crippen LogP contribution in [0.15, 0.2) is 18.2 Å². The molecule has 2 atom stereocenters. The van der Waals surface area contributed by atoms with Crippen LogP contribution in [0.4, 0.5) is 13.2 Å². The predicted molar refractivity (Wildman–Crippen MR) is 100.0 cm³/mol. The van der Waals surface area contributed by atoms with Gasteiger partial charge >= 0.3 is 6.18 Å². The maximum Gasteiger partial charge on any atom is 0.411 e. The number of halogens is 3. The fourth-order valence-corrected chi connectivity index (χ4v) is 2.97. The van der Waals surface area contributed by atoms with Crippen LogP contribution < -0.4 is 14.8 Å². The van der Waals surface area contributed by atoms with Gasteiger partial charge in [-0.15, -0.1) is 0 Å². The molecule has 1 aliphatic rings. The van der Waals surface area contributed by atoms with Crippen LogP contribution in [0.1, 0.15) is 50.7 Å². The number of nitrogens with one attached hydrogen (secondary N) is 1. The first-order chi connectivity index (χ1) is 13.8. The average Bonchev–Trinajstić information content (AvgIpc) is 2.68. The van der Waals surface area contributed by atoms with Crippen LogP contribution >= 0.6 is 0 Å². The number of aliphatic hydroxyl groups is 1. The van der Waals surface area contributed by atoms with Gasteiger partial charge in [-0.25, -0.2) is 0 Å². The average molecular weight is 419 g/mol. The lowest BCUT2D eigenvalue weighted by molar-refractivity contribution is -0.174. The number of alkyl halides is 3. The molecule has 0 fully saturated rings. The number of aliphatic hydroxyl groups excluding tert-OH is 1. The van der Waals surface area contributed by atoms with Crippen molar-refractivity contribution in [3.63, 3.8) is 0 Å². The van der Waals surface area contributed by atoms with Gasteiger partial charge in [0, 0.05) is 13.0 Å². The summed E-state index contributed by atoms with van der Waals surface area (Å²) in [5.41, 5.74) is 0.626. The van der Waals surface area contributed by atoms with Gasteiger partial charge in [-0.05, 0) is 37.5 Å². The van der Waals surface area contributed by atoms with Gasteiger partial charge in [-0.1, -0.05) is 18.9 Å². The molecule has 1 aromatic carbocycles. The highest BCUT2D eigenvalue weighted by atomic mass is 19.4. The Labute approximate surface area is 168 Å². The van der Waals surface area contributed by atoms with Gasteiger partial charge in [0.2, 0.25) is 5.91 Å². The summed E-state index contributed by atoms with van der Waals surface area (Å²) in [5.74, 6) is 1.03. The first-order valence-corrected chi connectivity index (χ1v) is 9.78. The third-order valence-electron chi connectivity index (χ3n) is 4.48. The van der Waals surface area contributed by atoms with Crippen molar-refractivity contribution in [2.75, 3.05) is 26.4 Å². The number of unbranched alkanes of at least 4 members (excludes halogenated alkanes) is 3. The zero-order chi connectivity index (χ0) is 21.3. The Hall–Kier alpha value is -2.00. The van der Waals surface area contributed by atoms with Crippen molar-refractivity contribution in [1.82, 2.24) is 5.32 Å². The number of carbonyl (C=O) groups excluding carboxylic acids is 1. The number of benzene rings is 1. The Kier molecular flexibility index (Phi) is 9.03. The molecule has 164 valence electrons. The molecule has 2 rings (SSSR count). The molecular weight excluding hydrogens is 391 g/mol. The van der Waals surface area contributed by atoms with Crippen LogP contribution in [0.3, 0.4) is 0 Å². The second-order valence-corrected chi connectivity index (χ2v) is 7.04. The quantitative estimate of drug-likeness (QED) is 0.537. The van der Waals surface area contributed by atoms with Crippen molar-refractivity contribution in [1.29, 1.82) is 0 Å². The van der Waals surface area contributed by atoms with E-state index in [2.05, 4.69) is 10.1 Å². The molecule has 2 N–H and O–H groups in total. The minimum absolute atomic E-state index is 0.0600. The van der Waals surface area contributed by atoms with Crippen LogP contribution in [0.2, 0.25) is 0 Å². The molecule has 1 aliphatic heterocycles. The fourth-order valence-electron chi connectivity index (χ4n) is 2.97. The van der Waals surface area contributed by atoms with E-state index in [1.165, 1.54) is 0 Å². The summed E-state index contributed by atoms with van der Waals surface area (Å²) in [6.07, 6.45) is -2.32. The topological polar surface area (TPSA) is 77.0 Å². The lowest BCUT2D eigenvalue weighted by Gasteiger charge is -2.23. The van der Waals surface area contributed by atoms with E-state index in [-0.39, 0.29) is 12.5 Å². The Bertz CT molecular complexity index is 653. The molecule has 0 aromatic heterocycles. The maximum absolute atomic E-state index is 12.1. The molecule has 0 saturated heterocycles. The maximum atomic E-state index is 12.1. The monoisotopic (exact) mass is 419 g/mol. The Morgan fingerprint density at radius 2 is 1.86 bits per heavy atom. The molecule has 0 aliphatic carbocycles. The van der Waals surface area contributed by atoms with Gasteiger partial charge in [0.15, 0.2) is 11.5 Å². The highest BCUT2D eigenvalue weighted by Gasteiger charge is 2.27. The lowest BCUT2D eigenvalue weighted by atomic mass is 10.0. The molecule has 0 radical (unpaired) electrons. The number of hydrogen-bond acceptors (Lipinski definition) is 5. The Morgan fingerprint density at radius 1 is 1.17 bits per heavy atom. The highest BCUT2D eigenvalue weighted by Crippen LogP contribution is 2.33. The molecule has 1 aromatic rings. The van der Waals surface area contributed by atoms with Crippen molar-refractivity contribution < 1.29 is 37.3 Å². The molecular formula is C20H28F3NO5. The summed E-state index contributed by atoms with van der Waals surface area (Å²) in [6, 6.07) is 4.70. The zero-order valence-corrected chi connectivity index (χ0v) is 16.5. The first-order valence-electron chi connectivity index (χ1n) is 9.78. The van der Waals surface area contributed by atoms with Gasteiger partial charge in [-0.2, -0.15) is 13.2 Å². The van der Waals surface area contributed by atoms with Crippen molar-refractivity contribution in [3.8, 4) is 11.5 Å². The van der Waals surface area contributed by atoms with E-state index in [0.29, 0.717) is 56.0 Å². The smallest absolute Gasteiger partial charge is 0.411 e. The van der Waals surface area contributed by atoms with Gasteiger partial charge in [-0.3, -0.25) is 4.79 Å². The van der Waals surface area contributed by atoms with Gasteiger partial charge in [0.1, 0.15) is 19.8 Å². The first kappa shape index (κ1) is 23.3. The summed E-state index contributed by atoms with van der Waals surface area (Å²) < 4.78 is 51.2. The van der Waals surface area contributed by atoms with Crippen LogP contribution in [0, 0.1) is 0 Å². The lowest BCUT2D eigenvalue weighted by Crippen LogP contribution is -2.37. The van der Waals surface area contributed by atoms with E-state index >= 15 is 0 Å². The number of fused-ring (bicyclic) bond motifs is 1. The number of carbonyl (C=O) groups is 1. The highest BCUT2D eigenvalue weighted by molar-refractivity contribution is 5.76. The third kappa shape index (κ3) is 8.49. The molecule has 9 heteroatoms. The molecule has 1 amide bonds. The molecule has 1 heterocycles. The van der Waals surface area contributed by atoms with E-state index in [1.807, 2.05) is 0 Å². The third-order valence-corrected chi connectivity index (χ3v) is 4.48. The largest absolute Gasteiger partial charge is 0.486 e. The second kappa shape index (κ2) is 11.3. The van der Waals surface area contributed by atoms with E-state index < -0.39 is 24.9 Å². The minimum atomic E-state index is -4.29. The predicted octanol–water partition coefficient (Wildman–Crippen LogP) is 3.53. The standard InChI is InChI=1S/C20H28F3NO5/c1-14(19(26)15-7-8-16-17(12-15)29-11-10-28-16)24-18(25)6-4-2-3-5-9-27-13-20(21,22)23/h7-8,12,14,19,26H,2-6,9-11,13H2,1H3,(H,24,25)/t14-,19+/m1/s1. The Morgan fingerprint density at radius 3 is 2.59 bits per heavy atom. The molecule has 0 bridgehead atoms. The van der Waals surface area contributed by atoms with E-state index in [4.69, 9.17) is 9.47 Å². The SMILES string of the molecule is C[C@@H](NC(=O)CCCCCCOCC(F)(F)F)[C@H](O)c1ccc2c(c1)OCCO2. The van der Waals surface area contributed by atoms with Crippen LogP contribution in [0.25, 0.3) is 0 Å². The van der Waals surface area contributed by atoms with Crippen molar-refractivity contribution in [3.05, 3.63) is 23.8 Å². The van der Waals surface area contributed by atoms with E-state index in [9.17, 15) is 23.1 Å². The zero-order valence-electron chi connectivity index (χ0n) is 16.5. The van der Waals surface area contributed by atoms with Crippen LogP contribution in [-0.4, -0.2) is 49.7 Å². The van der Waals surface area contributed by atoms with E-state index in [0.717, 1.165) is 6.42 Å². The fraction of sp³-hybridized carbons (Fsp3) is 0.650. The molecule has 29 heavy (non-hydrogen) atoms. The molecule has 6 nitrogen and oxygen atoms in total. The van der Waals surface area contributed by atoms with Gasteiger partial charge in [0.05, 0.1) is 12.1 Å². The Balaban J connectivity index is 1.62. The summed E-state index contributed by atoms with van der Waals surface area (Å²) in [4.78, 5) is 12.1. The van der Waals surface area contributed by atoms with Crippen molar-refractivity contribution >= 4 is 5.91 Å². The minimum Gasteiger partial charge on any atom is -0.486 e. The summed E-state index contributed by atoms with van der Waals surface area (Å²) >= 11 is 0. The number of rotatable bonds is 11. The summed E-state index contributed by atoms with van der Waals surface area (Å²) in [5, 5.41) is 13.3. The molecule has 0 spiro atoms. The normalized spacial score (nSPS) is 15.6. The number of hydrogen-bond donors (Lipinski definition) is 2.